The zero-order chi connectivity index (χ0) is 17.8. The third kappa shape index (κ3) is 6.43. The Bertz CT molecular complexity index is 569. The van der Waals surface area contributed by atoms with E-state index in [1.54, 1.807) is 6.08 Å². The molecule has 0 unspecified atom stereocenters. The minimum Gasteiger partial charge on any atom is -0.382 e. The Labute approximate surface area is 144 Å². The van der Waals surface area contributed by atoms with Crippen molar-refractivity contribution in [3.8, 4) is 6.07 Å². The molecule has 5 heteroatoms. The maximum atomic E-state index is 12.0. The predicted octanol–water partition coefficient (Wildman–Crippen LogP) is 2.98. The van der Waals surface area contributed by atoms with Crippen molar-refractivity contribution >= 4 is 17.7 Å². The Morgan fingerprint density at radius 3 is 2.46 bits per heavy atom. The van der Waals surface area contributed by atoms with Gasteiger partial charge in [0.25, 0.3) is 5.91 Å². The molecule has 130 valence electrons. The molecule has 0 fully saturated rings. The number of amides is 1. The summed E-state index contributed by atoms with van der Waals surface area (Å²) < 4.78 is 5.21. The molecule has 1 N–H and O–H groups in total. The number of hydrogen-bond acceptors (Lipinski definition) is 4. The van der Waals surface area contributed by atoms with Crippen LogP contribution in [-0.4, -0.2) is 38.8 Å². The van der Waals surface area contributed by atoms with E-state index in [1.165, 1.54) is 0 Å². The lowest BCUT2D eigenvalue weighted by molar-refractivity contribution is -0.117. The van der Waals surface area contributed by atoms with Gasteiger partial charge in [0, 0.05) is 38.5 Å². The summed E-state index contributed by atoms with van der Waals surface area (Å²) in [6.07, 6.45) is 2.35. The maximum absolute atomic E-state index is 12.0. The standard InChI is InChI=1S/C19H27N3O2/c1-4-22(5-2)18-10-8-16(9-11-18)14-17(15-20)19(23)21-12-7-13-24-6-3/h8-11,14H,4-7,12-13H2,1-3H3,(H,21,23)/b17-14+. The summed E-state index contributed by atoms with van der Waals surface area (Å²) in [5, 5.41) is 11.9. The van der Waals surface area contributed by atoms with Gasteiger partial charge in [-0.2, -0.15) is 5.26 Å². The van der Waals surface area contributed by atoms with Crippen LogP contribution in [0.3, 0.4) is 0 Å². The van der Waals surface area contributed by atoms with E-state index in [9.17, 15) is 10.1 Å². The van der Waals surface area contributed by atoms with Gasteiger partial charge in [-0.3, -0.25) is 4.79 Å². The highest BCUT2D eigenvalue weighted by atomic mass is 16.5. The molecule has 0 aliphatic carbocycles. The molecule has 5 nitrogen and oxygen atoms in total. The highest BCUT2D eigenvalue weighted by Gasteiger charge is 2.08. The number of benzene rings is 1. The Hall–Kier alpha value is -2.32. The predicted molar refractivity (Wildman–Crippen MR) is 97.7 cm³/mol. The summed E-state index contributed by atoms with van der Waals surface area (Å²) in [5.41, 5.74) is 2.09. The van der Waals surface area contributed by atoms with Crippen LogP contribution in [0.15, 0.2) is 29.8 Å². The second kappa shape index (κ2) is 11.3. The fourth-order valence-corrected chi connectivity index (χ4v) is 2.30. The second-order valence-corrected chi connectivity index (χ2v) is 5.24. The number of carbonyl (C=O) groups excluding carboxylic acids is 1. The molecule has 0 aromatic heterocycles. The third-order valence-electron chi connectivity index (χ3n) is 3.65. The van der Waals surface area contributed by atoms with E-state index in [-0.39, 0.29) is 11.5 Å². The first-order valence-corrected chi connectivity index (χ1v) is 8.48. The molecule has 0 atom stereocenters. The molecule has 24 heavy (non-hydrogen) atoms. The monoisotopic (exact) mass is 329 g/mol. The van der Waals surface area contributed by atoms with Crippen molar-refractivity contribution in [2.24, 2.45) is 0 Å². The number of nitrogens with zero attached hydrogens (tertiary/aromatic N) is 2. The lowest BCUT2D eigenvalue weighted by Crippen LogP contribution is -2.26. The molecule has 0 bridgehead atoms. The smallest absolute Gasteiger partial charge is 0.261 e. The highest BCUT2D eigenvalue weighted by molar-refractivity contribution is 6.01. The molecule has 0 aliphatic heterocycles. The van der Waals surface area contributed by atoms with Gasteiger partial charge >= 0.3 is 0 Å². The molecule has 1 aromatic rings. The van der Waals surface area contributed by atoms with Gasteiger partial charge in [0.2, 0.25) is 0 Å². The second-order valence-electron chi connectivity index (χ2n) is 5.24. The quantitative estimate of drug-likeness (QED) is 0.407. The van der Waals surface area contributed by atoms with Crippen LogP contribution in [0, 0.1) is 11.3 Å². The number of nitriles is 1. The number of hydrogen-bond donors (Lipinski definition) is 1. The van der Waals surface area contributed by atoms with Crippen molar-refractivity contribution in [3.05, 3.63) is 35.4 Å². The molecule has 1 aromatic carbocycles. The topological polar surface area (TPSA) is 65.4 Å². The first kappa shape index (κ1) is 19.7. The minimum atomic E-state index is -0.346. The van der Waals surface area contributed by atoms with Crippen molar-refractivity contribution < 1.29 is 9.53 Å². The van der Waals surface area contributed by atoms with Crippen molar-refractivity contribution in [2.75, 3.05) is 37.7 Å². The van der Waals surface area contributed by atoms with E-state index >= 15 is 0 Å². The Balaban J connectivity index is 2.67. The maximum Gasteiger partial charge on any atom is 0.261 e. The van der Waals surface area contributed by atoms with Crippen LogP contribution < -0.4 is 10.2 Å². The zero-order valence-corrected chi connectivity index (χ0v) is 14.8. The van der Waals surface area contributed by atoms with Crippen LogP contribution in [0.2, 0.25) is 0 Å². The molecule has 0 spiro atoms. The van der Waals surface area contributed by atoms with E-state index in [1.807, 2.05) is 37.3 Å². The van der Waals surface area contributed by atoms with Gasteiger partial charge in [0.1, 0.15) is 11.6 Å². The van der Waals surface area contributed by atoms with Crippen LogP contribution in [0.4, 0.5) is 5.69 Å². The minimum absolute atomic E-state index is 0.113. The van der Waals surface area contributed by atoms with Crippen molar-refractivity contribution in [1.82, 2.24) is 5.32 Å². The van der Waals surface area contributed by atoms with Gasteiger partial charge in [-0.25, -0.2) is 0 Å². The molecule has 0 saturated heterocycles. The molecule has 1 rings (SSSR count). The zero-order valence-electron chi connectivity index (χ0n) is 14.8. The largest absolute Gasteiger partial charge is 0.382 e. The van der Waals surface area contributed by atoms with Gasteiger partial charge in [-0.05, 0) is 51.0 Å². The van der Waals surface area contributed by atoms with Gasteiger partial charge in [-0.15, -0.1) is 0 Å². The van der Waals surface area contributed by atoms with E-state index < -0.39 is 0 Å². The van der Waals surface area contributed by atoms with Crippen molar-refractivity contribution in [3.63, 3.8) is 0 Å². The average molecular weight is 329 g/mol. The van der Waals surface area contributed by atoms with E-state index in [0.29, 0.717) is 19.8 Å². The van der Waals surface area contributed by atoms with Gasteiger partial charge in [0.05, 0.1) is 0 Å². The summed E-state index contributed by atoms with van der Waals surface area (Å²) in [5.74, 6) is -0.346. The first-order valence-electron chi connectivity index (χ1n) is 8.48. The number of anilines is 1. The lowest BCUT2D eigenvalue weighted by atomic mass is 10.1. The van der Waals surface area contributed by atoms with Gasteiger partial charge in [-0.1, -0.05) is 12.1 Å². The van der Waals surface area contributed by atoms with Crippen molar-refractivity contribution in [2.45, 2.75) is 27.2 Å². The number of carbonyl (C=O) groups is 1. The van der Waals surface area contributed by atoms with Crippen LogP contribution in [0.25, 0.3) is 6.08 Å². The molecule has 0 saturated carbocycles. The van der Waals surface area contributed by atoms with Gasteiger partial charge < -0.3 is 15.0 Å². The third-order valence-corrected chi connectivity index (χ3v) is 3.65. The molecular weight excluding hydrogens is 302 g/mol. The number of rotatable bonds is 10. The molecule has 0 radical (unpaired) electrons. The molecule has 0 heterocycles. The summed E-state index contributed by atoms with van der Waals surface area (Å²) in [6.45, 7) is 9.82. The average Bonchev–Trinajstić information content (AvgIpc) is 2.61. The van der Waals surface area contributed by atoms with Gasteiger partial charge in [0.15, 0.2) is 0 Å². The fourth-order valence-electron chi connectivity index (χ4n) is 2.30. The van der Waals surface area contributed by atoms with E-state index in [4.69, 9.17) is 4.74 Å². The molecular formula is C19H27N3O2. The van der Waals surface area contributed by atoms with Crippen LogP contribution in [0.1, 0.15) is 32.8 Å². The molecule has 0 aliphatic rings. The lowest BCUT2D eigenvalue weighted by Gasteiger charge is -2.20. The van der Waals surface area contributed by atoms with E-state index in [2.05, 4.69) is 24.1 Å². The summed E-state index contributed by atoms with van der Waals surface area (Å²) in [7, 11) is 0. The number of nitrogens with one attached hydrogen (secondary N) is 1. The van der Waals surface area contributed by atoms with Crippen molar-refractivity contribution in [1.29, 1.82) is 5.26 Å². The summed E-state index contributed by atoms with van der Waals surface area (Å²) >= 11 is 0. The number of ether oxygens (including phenoxy) is 1. The highest BCUT2D eigenvalue weighted by Crippen LogP contribution is 2.16. The summed E-state index contributed by atoms with van der Waals surface area (Å²) in [4.78, 5) is 14.3. The summed E-state index contributed by atoms with van der Waals surface area (Å²) in [6, 6.07) is 9.83. The van der Waals surface area contributed by atoms with Crippen LogP contribution in [-0.2, 0) is 9.53 Å². The SMILES string of the molecule is CCOCCCNC(=O)/C(C#N)=C/c1ccc(N(CC)CC)cc1. The van der Waals surface area contributed by atoms with Crippen LogP contribution >= 0.6 is 0 Å². The Kier molecular flexibility index (Phi) is 9.25. The Morgan fingerprint density at radius 1 is 1.25 bits per heavy atom. The fraction of sp³-hybridized carbons (Fsp3) is 0.474. The normalized spacial score (nSPS) is 11.0. The Morgan fingerprint density at radius 2 is 1.92 bits per heavy atom. The molecule has 1 amide bonds. The van der Waals surface area contributed by atoms with E-state index in [0.717, 1.165) is 30.8 Å². The first-order chi connectivity index (χ1) is 11.7. The van der Waals surface area contributed by atoms with Crippen LogP contribution in [0.5, 0.6) is 0 Å².